The van der Waals surface area contributed by atoms with Crippen molar-refractivity contribution in [2.24, 2.45) is 0 Å². The van der Waals surface area contributed by atoms with Gasteiger partial charge in [-0.05, 0) is 24.5 Å². The number of para-hydroxylation sites is 1. The maximum absolute atomic E-state index is 12.8. The Morgan fingerprint density at radius 1 is 1.04 bits per heavy atom. The topological polar surface area (TPSA) is 55.2 Å². The molecule has 5 nitrogen and oxygen atoms in total. The molecule has 0 unspecified atom stereocenters. The van der Waals surface area contributed by atoms with Crippen molar-refractivity contribution in [3.8, 4) is 11.3 Å². The Morgan fingerprint density at radius 2 is 1.81 bits per heavy atom. The van der Waals surface area contributed by atoms with Crippen molar-refractivity contribution in [3.05, 3.63) is 82.9 Å². The normalized spacial score (nSPS) is 13.3. The Bertz CT molecular complexity index is 995. The van der Waals surface area contributed by atoms with E-state index in [1.807, 2.05) is 48.5 Å². The van der Waals surface area contributed by atoms with Crippen molar-refractivity contribution in [1.29, 1.82) is 0 Å². The summed E-state index contributed by atoms with van der Waals surface area (Å²) in [5.41, 5.74) is 3.40. The van der Waals surface area contributed by atoms with E-state index >= 15 is 0 Å². The summed E-state index contributed by atoms with van der Waals surface area (Å²) in [6.45, 7) is 0.676. The summed E-state index contributed by atoms with van der Waals surface area (Å²) in [7, 11) is 0. The minimum atomic E-state index is -0.225. The fourth-order valence-corrected chi connectivity index (χ4v) is 3.34. The lowest BCUT2D eigenvalue weighted by Gasteiger charge is -2.29. The number of rotatable bonds is 3. The van der Waals surface area contributed by atoms with Gasteiger partial charge in [-0.25, -0.2) is 4.98 Å². The smallest absolute Gasteiger partial charge is 0.254 e. The number of fused-ring (bicyclic) bond motifs is 1. The fraction of sp³-hybridized carbons (Fsp3) is 0.190. The predicted molar refractivity (Wildman–Crippen MR) is 101 cm³/mol. The number of nitrogens with zero attached hydrogens (tertiary/aromatic N) is 3. The van der Waals surface area contributed by atoms with Crippen molar-refractivity contribution in [2.45, 2.75) is 19.4 Å². The summed E-state index contributed by atoms with van der Waals surface area (Å²) in [5.74, 6) is -0.0893. The zero-order valence-corrected chi connectivity index (χ0v) is 14.3. The molecule has 0 N–H and O–H groups in total. The van der Waals surface area contributed by atoms with Crippen molar-refractivity contribution >= 4 is 11.6 Å². The van der Waals surface area contributed by atoms with Crippen LogP contribution in [0.3, 0.4) is 0 Å². The van der Waals surface area contributed by atoms with Gasteiger partial charge in [0.1, 0.15) is 6.54 Å². The van der Waals surface area contributed by atoms with Crippen molar-refractivity contribution in [2.75, 3.05) is 11.4 Å². The third kappa shape index (κ3) is 3.16. The van der Waals surface area contributed by atoms with Crippen LogP contribution in [-0.2, 0) is 17.8 Å². The molecule has 0 saturated heterocycles. The highest BCUT2D eigenvalue weighted by Crippen LogP contribution is 2.26. The van der Waals surface area contributed by atoms with E-state index in [4.69, 9.17) is 0 Å². The van der Waals surface area contributed by atoms with E-state index in [2.05, 4.69) is 11.1 Å². The molecule has 0 fully saturated rings. The van der Waals surface area contributed by atoms with Crippen LogP contribution < -0.4 is 10.5 Å². The predicted octanol–water partition coefficient (Wildman–Crippen LogP) is 2.89. The fourth-order valence-electron chi connectivity index (χ4n) is 3.34. The van der Waals surface area contributed by atoms with Crippen LogP contribution in [0.5, 0.6) is 0 Å². The molecule has 0 atom stereocenters. The second-order valence-corrected chi connectivity index (χ2v) is 6.38. The maximum Gasteiger partial charge on any atom is 0.254 e. The molecule has 0 saturated carbocycles. The molecule has 0 radical (unpaired) electrons. The zero-order chi connectivity index (χ0) is 17.9. The first-order valence-electron chi connectivity index (χ1n) is 8.72. The second kappa shape index (κ2) is 6.96. The van der Waals surface area contributed by atoms with Crippen molar-refractivity contribution in [1.82, 2.24) is 9.55 Å². The molecule has 1 aliphatic heterocycles. The zero-order valence-electron chi connectivity index (χ0n) is 14.3. The lowest BCUT2D eigenvalue weighted by atomic mass is 10.0. The van der Waals surface area contributed by atoms with Gasteiger partial charge < -0.3 is 4.90 Å². The SMILES string of the molecule is O=C(Cn1cnc(-c2ccccc2)cc1=O)N1CCCc2ccccc21. The van der Waals surface area contributed by atoms with Crippen LogP contribution in [0.2, 0.25) is 0 Å². The largest absolute Gasteiger partial charge is 0.311 e. The van der Waals surface area contributed by atoms with Gasteiger partial charge in [0.25, 0.3) is 5.56 Å². The molecule has 1 aliphatic rings. The van der Waals surface area contributed by atoms with Gasteiger partial charge in [0.05, 0.1) is 12.0 Å². The lowest BCUT2D eigenvalue weighted by molar-refractivity contribution is -0.119. The van der Waals surface area contributed by atoms with Gasteiger partial charge in [-0.3, -0.25) is 14.2 Å². The molecular formula is C21H19N3O2. The molecule has 3 aromatic rings. The number of carbonyl (C=O) groups is 1. The Kier molecular flexibility index (Phi) is 4.35. The number of aryl methyl sites for hydroxylation is 1. The molecule has 2 aromatic carbocycles. The number of amides is 1. The summed E-state index contributed by atoms with van der Waals surface area (Å²) < 4.78 is 1.37. The first-order chi connectivity index (χ1) is 12.7. The second-order valence-electron chi connectivity index (χ2n) is 6.38. The van der Waals surface area contributed by atoms with E-state index in [0.29, 0.717) is 12.2 Å². The molecule has 2 heterocycles. The van der Waals surface area contributed by atoms with Crippen LogP contribution in [0.1, 0.15) is 12.0 Å². The molecule has 0 aliphatic carbocycles. The number of benzene rings is 2. The van der Waals surface area contributed by atoms with Crippen LogP contribution in [0.4, 0.5) is 5.69 Å². The average molecular weight is 345 g/mol. The van der Waals surface area contributed by atoms with Crippen LogP contribution in [-0.4, -0.2) is 22.0 Å². The molecular weight excluding hydrogens is 326 g/mol. The summed E-state index contributed by atoms with van der Waals surface area (Å²) in [6, 6.07) is 19.0. The number of carbonyl (C=O) groups excluding carboxylic acids is 1. The molecule has 130 valence electrons. The maximum atomic E-state index is 12.8. The van der Waals surface area contributed by atoms with Crippen LogP contribution >= 0.6 is 0 Å². The molecule has 26 heavy (non-hydrogen) atoms. The highest BCUT2D eigenvalue weighted by molar-refractivity contribution is 5.94. The molecule has 5 heteroatoms. The van der Waals surface area contributed by atoms with E-state index < -0.39 is 0 Å². The van der Waals surface area contributed by atoms with Crippen LogP contribution in [0.25, 0.3) is 11.3 Å². The Hall–Kier alpha value is -3.21. The van der Waals surface area contributed by atoms with Crippen molar-refractivity contribution in [3.63, 3.8) is 0 Å². The van der Waals surface area contributed by atoms with E-state index in [1.165, 1.54) is 22.5 Å². The first kappa shape index (κ1) is 16.3. The molecule has 0 bridgehead atoms. The molecule has 1 aromatic heterocycles. The summed E-state index contributed by atoms with van der Waals surface area (Å²) in [6.07, 6.45) is 3.37. The third-order valence-corrected chi connectivity index (χ3v) is 4.67. The molecule has 4 rings (SSSR count). The van der Waals surface area contributed by atoms with E-state index in [-0.39, 0.29) is 18.0 Å². The number of anilines is 1. The van der Waals surface area contributed by atoms with Crippen LogP contribution in [0.15, 0.2) is 71.8 Å². The summed E-state index contributed by atoms with van der Waals surface area (Å²) >= 11 is 0. The minimum Gasteiger partial charge on any atom is -0.311 e. The highest BCUT2D eigenvalue weighted by Gasteiger charge is 2.22. The van der Waals surface area contributed by atoms with Gasteiger partial charge in [-0.15, -0.1) is 0 Å². The minimum absolute atomic E-state index is 0.00472. The molecule has 0 spiro atoms. The van der Waals surface area contributed by atoms with Gasteiger partial charge in [0.15, 0.2) is 0 Å². The highest BCUT2D eigenvalue weighted by atomic mass is 16.2. The van der Waals surface area contributed by atoms with Crippen molar-refractivity contribution < 1.29 is 4.79 Å². The van der Waals surface area contributed by atoms with Gasteiger partial charge in [-0.1, -0.05) is 48.5 Å². The Balaban J connectivity index is 1.57. The van der Waals surface area contributed by atoms with Crippen LogP contribution in [0, 0.1) is 0 Å². The summed E-state index contributed by atoms with van der Waals surface area (Å²) in [4.78, 5) is 31.3. The van der Waals surface area contributed by atoms with Gasteiger partial charge in [-0.2, -0.15) is 0 Å². The van der Waals surface area contributed by atoms with Gasteiger partial charge in [0, 0.05) is 23.9 Å². The van der Waals surface area contributed by atoms with E-state index in [1.54, 1.807) is 4.90 Å². The number of aromatic nitrogens is 2. The van der Waals surface area contributed by atoms with Gasteiger partial charge in [0.2, 0.25) is 5.91 Å². The lowest BCUT2D eigenvalue weighted by Crippen LogP contribution is -2.39. The standard InChI is InChI=1S/C21H19N3O2/c25-20-13-18(16-7-2-1-3-8-16)22-15-23(20)14-21(26)24-12-6-10-17-9-4-5-11-19(17)24/h1-5,7-9,11,13,15H,6,10,12,14H2. The van der Waals surface area contributed by atoms with E-state index in [0.717, 1.165) is 24.1 Å². The third-order valence-electron chi connectivity index (χ3n) is 4.67. The number of hydrogen-bond donors (Lipinski definition) is 0. The average Bonchev–Trinajstić information content (AvgIpc) is 2.69. The van der Waals surface area contributed by atoms with Gasteiger partial charge >= 0.3 is 0 Å². The molecule has 1 amide bonds. The first-order valence-corrected chi connectivity index (χ1v) is 8.72. The Labute approximate surface area is 151 Å². The van der Waals surface area contributed by atoms with E-state index in [9.17, 15) is 9.59 Å². The quantitative estimate of drug-likeness (QED) is 0.733. The monoisotopic (exact) mass is 345 g/mol. The summed E-state index contributed by atoms with van der Waals surface area (Å²) in [5, 5.41) is 0. The Morgan fingerprint density at radius 3 is 2.62 bits per heavy atom. The number of hydrogen-bond acceptors (Lipinski definition) is 3.